The zero-order valence-electron chi connectivity index (χ0n) is 17.6. The number of hydrogen-bond acceptors (Lipinski definition) is 7. The Bertz CT molecular complexity index is 1030. The highest BCUT2D eigenvalue weighted by Crippen LogP contribution is 2.38. The Morgan fingerprint density at radius 2 is 1.66 bits per heavy atom. The van der Waals surface area contributed by atoms with Crippen LogP contribution in [0.5, 0.6) is 23.0 Å². The maximum Gasteiger partial charge on any atom is 0.325 e. The predicted molar refractivity (Wildman–Crippen MR) is 115 cm³/mol. The highest BCUT2D eigenvalue weighted by atomic mass is 16.7. The molecule has 32 heavy (non-hydrogen) atoms. The van der Waals surface area contributed by atoms with Gasteiger partial charge in [0.25, 0.3) is 0 Å². The summed E-state index contributed by atoms with van der Waals surface area (Å²) in [6.45, 7) is 2.36. The van der Waals surface area contributed by atoms with Crippen molar-refractivity contribution in [1.82, 2.24) is 10.2 Å². The van der Waals surface area contributed by atoms with Crippen LogP contribution in [0.1, 0.15) is 30.9 Å². The molecule has 9 heteroatoms. The minimum Gasteiger partial charge on any atom is -0.490 e. The lowest BCUT2D eigenvalue weighted by molar-refractivity contribution is -0.121. The fourth-order valence-corrected chi connectivity index (χ4v) is 4.27. The molecule has 0 radical (unpaired) electrons. The number of urea groups is 1. The lowest BCUT2D eigenvalue weighted by Crippen LogP contribution is -2.41. The first-order valence-corrected chi connectivity index (χ1v) is 10.8. The van der Waals surface area contributed by atoms with E-state index in [1.165, 1.54) is 0 Å². The number of imide groups is 1. The molecule has 3 heterocycles. The van der Waals surface area contributed by atoms with Crippen molar-refractivity contribution in [2.24, 2.45) is 0 Å². The molecule has 0 spiro atoms. The van der Waals surface area contributed by atoms with Gasteiger partial charge in [-0.1, -0.05) is 6.07 Å². The SMILES string of the molecule is O=C(CN1CCC[C@H]1c1ccc2c(c1)OCCCO2)NC(=O)Nc1ccc2c(c1)OCO2. The molecule has 1 fully saturated rings. The Morgan fingerprint density at radius 3 is 2.56 bits per heavy atom. The summed E-state index contributed by atoms with van der Waals surface area (Å²) in [5, 5.41) is 5.06. The third-order valence-electron chi connectivity index (χ3n) is 5.75. The van der Waals surface area contributed by atoms with E-state index in [4.69, 9.17) is 18.9 Å². The van der Waals surface area contributed by atoms with Gasteiger partial charge in [-0.25, -0.2) is 4.79 Å². The second kappa shape index (κ2) is 8.96. The zero-order valence-corrected chi connectivity index (χ0v) is 17.6. The van der Waals surface area contributed by atoms with E-state index < -0.39 is 6.03 Å². The number of anilines is 1. The molecule has 3 amide bonds. The molecule has 0 unspecified atom stereocenters. The van der Waals surface area contributed by atoms with Gasteiger partial charge in [0.1, 0.15) is 0 Å². The number of likely N-dealkylation sites (tertiary alicyclic amines) is 1. The summed E-state index contributed by atoms with van der Waals surface area (Å²) in [4.78, 5) is 26.9. The van der Waals surface area contributed by atoms with Gasteiger partial charge in [-0.3, -0.25) is 15.0 Å². The van der Waals surface area contributed by atoms with Gasteiger partial charge in [0, 0.05) is 24.2 Å². The van der Waals surface area contributed by atoms with Gasteiger partial charge in [-0.05, 0) is 49.2 Å². The fraction of sp³-hybridized carbons (Fsp3) is 0.391. The van der Waals surface area contributed by atoms with Gasteiger partial charge in [0.05, 0.1) is 19.8 Å². The van der Waals surface area contributed by atoms with Crippen LogP contribution in [-0.2, 0) is 4.79 Å². The number of rotatable bonds is 4. The maximum atomic E-state index is 12.5. The molecule has 1 saturated heterocycles. The Morgan fingerprint density at radius 1 is 0.906 bits per heavy atom. The Hall–Kier alpha value is -3.46. The molecule has 9 nitrogen and oxygen atoms in total. The van der Waals surface area contributed by atoms with E-state index in [2.05, 4.69) is 15.5 Å². The number of fused-ring (bicyclic) bond motifs is 2. The molecule has 0 aromatic heterocycles. The molecule has 2 N–H and O–H groups in total. The number of benzene rings is 2. The first kappa shape index (κ1) is 20.4. The average molecular weight is 439 g/mol. The molecular formula is C23H25N3O6. The second-order valence-electron chi connectivity index (χ2n) is 7.96. The van der Waals surface area contributed by atoms with Crippen molar-refractivity contribution in [1.29, 1.82) is 0 Å². The molecule has 0 saturated carbocycles. The molecule has 1 atom stereocenters. The van der Waals surface area contributed by atoms with Crippen LogP contribution in [0.15, 0.2) is 36.4 Å². The monoisotopic (exact) mass is 439 g/mol. The number of nitrogens with one attached hydrogen (secondary N) is 2. The average Bonchev–Trinajstić information content (AvgIpc) is 3.36. The van der Waals surface area contributed by atoms with Gasteiger partial charge in [0.15, 0.2) is 23.0 Å². The van der Waals surface area contributed by atoms with Crippen molar-refractivity contribution in [3.63, 3.8) is 0 Å². The molecule has 0 aliphatic carbocycles. The number of carbonyl (C=O) groups is 2. The highest BCUT2D eigenvalue weighted by molar-refractivity contribution is 6.01. The van der Waals surface area contributed by atoms with Gasteiger partial charge in [-0.15, -0.1) is 0 Å². The number of ether oxygens (including phenoxy) is 4. The molecule has 3 aliphatic heterocycles. The fourth-order valence-electron chi connectivity index (χ4n) is 4.27. The minimum absolute atomic E-state index is 0.0924. The Kier molecular flexibility index (Phi) is 5.72. The normalized spacial score (nSPS) is 19.3. The van der Waals surface area contributed by atoms with E-state index in [1.54, 1.807) is 18.2 Å². The third kappa shape index (κ3) is 4.43. The van der Waals surface area contributed by atoms with E-state index in [-0.39, 0.29) is 25.3 Å². The van der Waals surface area contributed by atoms with Crippen molar-refractivity contribution >= 4 is 17.6 Å². The van der Waals surface area contributed by atoms with Gasteiger partial charge in [-0.2, -0.15) is 0 Å². The van der Waals surface area contributed by atoms with Gasteiger partial charge < -0.3 is 24.3 Å². The standard InChI is InChI=1S/C23H25N3O6/c27-22(25-23(28)24-16-5-7-19-21(12-16)32-14-31-19)13-26-8-1-3-17(26)15-4-6-18-20(11-15)30-10-2-9-29-18/h4-7,11-12,17H,1-3,8-10,13-14H2,(H2,24,25,27,28)/t17-/m0/s1. The maximum absolute atomic E-state index is 12.5. The summed E-state index contributed by atoms with van der Waals surface area (Å²) in [7, 11) is 0. The smallest absolute Gasteiger partial charge is 0.325 e. The van der Waals surface area contributed by atoms with Gasteiger partial charge >= 0.3 is 6.03 Å². The second-order valence-corrected chi connectivity index (χ2v) is 7.96. The van der Waals surface area contributed by atoms with Crippen molar-refractivity contribution in [3.05, 3.63) is 42.0 Å². The first-order chi connectivity index (χ1) is 15.7. The largest absolute Gasteiger partial charge is 0.490 e. The number of nitrogens with zero attached hydrogens (tertiary/aromatic N) is 1. The van der Waals surface area contributed by atoms with Crippen LogP contribution in [0.3, 0.4) is 0 Å². The van der Waals surface area contributed by atoms with Crippen LogP contribution < -0.4 is 29.6 Å². The number of carbonyl (C=O) groups excluding carboxylic acids is 2. The van der Waals surface area contributed by atoms with E-state index in [0.717, 1.165) is 42.9 Å². The van der Waals surface area contributed by atoms with Crippen LogP contribution >= 0.6 is 0 Å². The zero-order chi connectivity index (χ0) is 21.9. The summed E-state index contributed by atoms with van der Waals surface area (Å²) in [6, 6.07) is 10.5. The van der Waals surface area contributed by atoms with E-state index in [9.17, 15) is 9.59 Å². The molecule has 3 aliphatic rings. The highest BCUT2D eigenvalue weighted by Gasteiger charge is 2.29. The van der Waals surface area contributed by atoms with Crippen molar-refractivity contribution in [3.8, 4) is 23.0 Å². The van der Waals surface area contributed by atoms with E-state index >= 15 is 0 Å². The number of hydrogen-bond donors (Lipinski definition) is 2. The van der Waals surface area contributed by atoms with Crippen LogP contribution in [0.2, 0.25) is 0 Å². The molecule has 5 rings (SSSR count). The van der Waals surface area contributed by atoms with Crippen LogP contribution in [0.4, 0.5) is 10.5 Å². The first-order valence-electron chi connectivity index (χ1n) is 10.8. The summed E-state index contributed by atoms with van der Waals surface area (Å²) in [6.07, 6.45) is 2.78. The molecular weight excluding hydrogens is 414 g/mol. The summed E-state index contributed by atoms with van der Waals surface area (Å²) in [5.74, 6) is 2.34. The van der Waals surface area contributed by atoms with Gasteiger partial charge in [0.2, 0.25) is 12.7 Å². The summed E-state index contributed by atoms with van der Waals surface area (Å²) >= 11 is 0. The van der Waals surface area contributed by atoms with Crippen LogP contribution in [0.25, 0.3) is 0 Å². The lowest BCUT2D eigenvalue weighted by atomic mass is 10.0. The van der Waals surface area contributed by atoms with E-state index in [0.29, 0.717) is 30.4 Å². The van der Waals surface area contributed by atoms with Crippen molar-refractivity contribution < 1.29 is 28.5 Å². The third-order valence-corrected chi connectivity index (χ3v) is 5.75. The van der Waals surface area contributed by atoms with Crippen LogP contribution in [-0.4, -0.2) is 49.9 Å². The molecule has 168 valence electrons. The molecule has 2 aromatic rings. The Balaban J connectivity index is 1.18. The quantitative estimate of drug-likeness (QED) is 0.756. The molecule has 2 aromatic carbocycles. The topological polar surface area (TPSA) is 98.4 Å². The lowest BCUT2D eigenvalue weighted by Gasteiger charge is -2.24. The van der Waals surface area contributed by atoms with Crippen molar-refractivity contribution in [2.45, 2.75) is 25.3 Å². The Labute approximate surface area is 185 Å². The van der Waals surface area contributed by atoms with Crippen molar-refractivity contribution in [2.75, 3.05) is 38.4 Å². The number of amides is 3. The molecule has 0 bridgehead atoms. The van der Waals surface area contributed by atoms with Crippen LogP contribution in [0, 0.1) is 0 Å². The summed E-state index contributed by atoms with van der Waals surface area (Å²) in [5.41, 5.74) is 1.61. The predicted octanol–water partition coefficient (Wildman–Crippen LogP) is 3.06. The summed E-state index contributed by atoms with van der Waals surface area (Å²) < 4.78 is 22.1. The van der Waals surface area contributed by atoms with E-state index in [1.807, 2.05) is 18.2 Å². The minimum atomic E-state index is -0.583.